The first-order valence-electron chi connectivity index (χ1n) is 5.17. The minimum Gasteiger partial charge on any atom is -0.256 e. The summed E-state index contributed by atoms with van der Waals surface area (Å²) in [5, 5.41) is 0. The SMILES string of the molecule is CCCC[n+]1ccn(NCCC)c1. The molecule has 0 bridgehead atoms. The molecule has 0 aliphatic heterocycles. The smallest absolute Gasteiger partial charge is 0.256 e. The molecule has 0 unspecified atom stereocenters. The summed E-state index contributed by atoms with van der Waals surface area (Å²) >= 11 is 0. The van der Waals surface area contributed by atoms with Gasteiger partial charge in [0.25, 0.3) is 6.33 Å². The Bertz CT molecular complexity index is 207. The Balaban J connectivity index is 2.34. The minimum atomic E-state index is 1.03. The maximum Gasteiger partial charge on any atom is 0.267 e. The molecule has 13 heavy (non-hydrogen) atoms. The molecule has 1 heterocycles. The fraction of sp³-hybridized carbons (Fsp3) is 0.700. The molecule has 0 aliphatic rings. The van der Waals surface area contributed by atoms with Crippen LogP contribution in [0.25, 0.3) is 0 Å². The molecule has 1 aromatic heterocycles. The third kappa shape index (κ3) is 3.49. The van der Waals surface area contributed by atoms with E-state index in [0.29, 0.717) is 0 Å². The van der Waals surface area contributed by atoms with E-state index in [9.17, 15) is 0 Å². The van der Waals surface area contributed by atoms with Gasteiger partial charge in [-0.2, -0.15) is 0 Å². The predicted molar refractivity (Wildman–Crippen MR) is 54.1 cm³/mol. The van der Waals surface area contributed by atoms with Crippen LogP contribution in [0.5, 0.6) is 0 Å². The van der Waals surface area contributed by atoms with Crippen molar-refractivity contribution in [2.24, 2.45) is 0 Å². The van der Waals surface area contributed by atoms with Crippen LogP contribution in [0.15, 0.2) is 18.7 Å². The van der Waals surface area contributed by atoms with Crippen molar-refractivity contribution >= 4 is 0 Å². The highest BCUT2D eigenvalue weighted by Crippen LogP contribution is 1.87. The van der Waals surface area contributed by atoms with Crippen LogP contribution in [0.2, 0.25) is 0 Å². The highest BCUT2D eigenvalue weighted by Gasteiger charge is 2.00. The number of nitrogens with one attached hydrogen (secondary N) is 1. The molecule has 0 aliphatic carbocycles. The molecular weight excluding hydrogens is 162 g/mol. The molecule has 0 atom stereocenters. The molecule has 74 valence electrons. The van der Waals surface area contributed by atoms with E-state index in [2.05, 4.69) is 42.6 Å². The second-order valence-corrected chi connectivity index (χ2v) is 3.32. The van der Waals surface area contributed by atoms with Crippen molar-refractivity contribution in [2.75, 3.05) is 12.0 Å². The maximum atomic E-state index is 3.29. The first-order valence-corrected chi connectivity index (χ1v) is 5.17. The van der Waals surface area contributed by atoms with Gasteiger partial charge in [-0.05, 0) is 12.8 Å². The molecule has 0 saturated carbocycles. The largest absolute Gasteiger partial charge is 0.267 e. The Morgan fingerprint density at radius 1 is 1.31 bits per heavy atom. The zero-order valence-corrected chi connectivity index (χ0v) is 8.66. The quantitative estimate of drug-likeness (QED) is 0.662. The first-order chi connectivity index (χ1) is 6.36. The number of unbranched alkanes of at least 4 members (excludes halogenated alkanes) is 1. The van der Waals surface area contributed by atoms with Crippen LogP contribution in [-0.2, 0) is 6.54 Å². The molecular formula is C10H20N3+. The van der Waals surface area contributed by atoms with E-state index in [4.69, 9.17) is 0 Å². The Kier molecular flexibility index (Phi) is 4.36. The Morgan fingerprint density at radius 3 is 2.85 bits per heavy atom. The average molecular weight is 182 g/mol. The fourth-order valence-electron chi connectivity index (χ4n) is 1.20. The van der Waals surface area contributed by atoms with Crippen LogP contribution < -0.4 is 9.99 Å². The molecule has 3 heteroatoms. The van der Waals surface area contributed by atoms with Crippen molar-refractivity contribution in [3.63, 3.8) is 0 Å². The summed E-state index contributed by atoms with van der Waals surface area (Å²) in [6, 6.07) is 0. The highest BCUT2D eigenvalue weighted by molar-refractivity contribution is 4.73. The van der Waals surface area contributed by atoms with Crippen molar-refractivity contribution in [2.45, 2.75) is 39.7 Å². The number of hydrogen-bond acceptors (Lipinski definition) is 1. The summed E-state index contributed by atoms with van der Waals surface area (Å²) in [4.78, 5) is 0. The second-order valence-electron chi connectivity index (χ2n) is 3.32. The van der Waals surface area contributed by atoms with E-state index in [0.717, 1.165) is 19.5 Å². The van der Waals surface area contributed by atoms with Crippen LogP contribution in [-0.4, -0.2) is 11.2 Å². The van der Waals surface area contributed by atoms with Crippen molar-refractivity contribution < 1.29 is 4.57 Å². The first kappa shape index (κ1) is 10.1. The molecule has 0 spiro atoms. The van der Waals surface area contributed by atoms with Gasteiger partial charge in [0.15, 0.2) is 6.20 Å². The number of imidazole rings is 1. The molecule has 0 radical (unpaired) electrons. The fourth-order valence-corrected chi connectivity index (χ4v) is 1.20. The number of aromatic nitrogens is 2. The standard InChI is InChI=1S/C10H20N3/c1-3-5-7-12-8-9-13(10-12)11-6-4-2/h8-11H,3-7H2,1-2H3/q+1. The monoisotopic (exact) mass is 182 g/mol. The van der Waals surface area contributed by atoms with Gasteiger partial charge in [-0.15, -0.1) is 4.68 Å². The summed E-state index contributed by atoms with van der Waals surface area (Å²) < 4.78 is 4.24. The summed E-state index contributed by atoms with van der Waals surface area (Å²) in [7, 11) is 0. The normalized spacial score (nSPS) is 10.3. The predicted octanol–water partition coefficient (Wildman–Crippen LogP) is 1.53. The molecule has 1 aromatic rings. The third-order valence-corrected chi connectivity index (χ3v) is 2.01. The number of aryl methyl sites for hydroxylation is 1. The van der Waals surface area contributed by atoms with E-state index < -0.39 is 0 Å². The topological polar surface area (TPSA) is 20.8 Å². The third-order valence-electron chi connectivity index (χ3n) is 2.01. The maximum absolute atomic E-state index is 3.29. The number of nitrogens with zero attached hydrogens (tertiary/aromatic N) is 2. The van der Waals surface area contributed by atoms with Crippen molar-refractivity contribution in [3.05, 3.63) is 18.7 Å². The van der Waals surface area contributed by atoms with E-state index in [1.54, 1.807) is 0 Å². The van der Waals surface area contributed by atoms with Crippen LogP contribution >= 0.6 is 0 Å². The summed E-state index contributed by atoms with van der Waals surface area (Å²) in [6.07, 6.45) is 9.94. The zero-order chi connectivity index (χ0) is 9.52. The summed E-state index contributed by atoms with van der Waals surface area (Å²) in [6.45, 7) is 6.54. The minimum absolute atomic E-state index is 1.03. The Hall–Kier alpha value is -0.990. The average Bonchev–Trinajstić information content (AvgIpc) is 2.59. The molecule has 0 fully saturated rings. The van der Waals surface area contributed by atoms with Gasteiger partial charge in [0.05, 0.1) is 13.1 Å². The number of rotatable bonds is 6. The van der Waals surface area contributed by atoms with Gasteiger partial charge in [-0.1, -0.05) is 20.3 Å². The van der Waals surface area contributed by atoms with E-state index >= 15 is 0 Å². The summed E-state index contributed by atoms with van der Waals surface area (Å²) in [5.74, 6) is 0. The van der Waals surface area contributed by atoms with Crippen molar-refractivity contribution in [1.29, 1.82) is 0 Å². The number of hydrogen-bond donors (Lipinski definition) is 1. The molecule has 1 N–H and O–H groups in total. The molecule has 3 nitrogen and oxygen atoms in total. The van der Waals surface area contributed by atoms with Crippen LogP contribution in [0.1, 0.15) is 33.1 Å². The lowest BCUT2D eigenvalue weighted by atomic mass is 10.3. The van der Waals surface area contributed by atoms with Gasteiger partial charge in [0, 0.05) is 0 Å². The Morgan fingerprint density at radius 2 is 2.15 bits per heavy atom. The molecule has 1 rings (SSSR count). The lowest BCUT2D eigenvalue weighted by Gasteiger charge is -1.96. The molecule has 0 aromatic carbocycles. The second kappa shape index (κ2) is 5.62. The van der Waals surface area contributed by atoms with Gasteiger partial charge >= 0.3 is 0 Å². The van der Waals surface area contributed by atoms with Crippen molar-refractivity contribution in [3.8, 4) is 0 Å². The van der Waals surface area contributed by atoms with E-state index in [1.165, 1.54) is 12.8 Å². The van der Waals surface area contributed by atoms with Gasteiger partial charge in [-0.25, -0.2) is 4.57 Å². The molecule has 0 saturated heterocycles. The van der Waals surface area contributed by atoms with Crippen LogP contribution in [0.3, 0.4) is 0 Å². The summed E-state index contributed by atoms with van der Waals surface area (Å²) in [5.41, 5.74) is 3.29. The van der Waals surface area contributed by atoms with Crippen LogP contribution in [0, 0.1) is 0 Å². The van der Waals surface area contributed by atoms with E-state index in [-0.39, 0.29) is 0 Å². The lowest BCUT2D eigenvalue weighted by Crippen LogP contribution is -2.31. The highest BCUT2D eigenvalue weighted by atomic mass is 15.4. The van der Waals surface area contributed by atoms with Crippen LogP contribution in [0.4, 0.5) is 0 Å². The van der Waals surface area contributed by atoms with Gasteiger partial charge < -0.3 is 0 Å². The van der Waals surface area contributed by atoms with Gasteiger partial charge in [0.2, 0.25) is 0 Å². The zero-order valence-electron chi connectivity index (χ0n) is 8.66. The Labute approximate surface area is 80.4 Å². The van der Waals surface area contributed by atoms with E-state index in [1.807, 2.05) is 4.68 Å². The molecule has 0 amide bonds. The van der Waals surface area contributed by atoms with Crippen molar-refractivity contribution in [1.82, 2.24) is 4.68 Å². The van der Waals surface area contributed by atoms with Gasteiger partial charge in [-0.3, -0.25) is 5.43 Å². The lowest BCUT2D eigenvalue weighted by molar-refractivity contribution is -0.696. The van der Waals surface area contributed by atoms with Gasteiger partial charge in [0.1, 0.15) is 6.20 Å².